The molecule has 0 aromatic carbocycles. The van der Waals surface area contributed by atoms with Crippen LogP contribution in [0.5, 0.6) is 0 Å². The Morgan fingerprint density at radius 3 is 1.28 bits per heavy atom. The van der Waals surface area contributed by atoms with Crippen LogP contribution in [0.25, 0.3) is 0 Å². The SMILES string of the molecule is CCC1(CC)C(=O)NC(C)(C)C(=O)NCCNC(=O)C(C)(C)NC1=O. The Morgan fingerprint density at radius 2 is 1.00 bits per heavy atom. The summed E-state index contributed by atoms with van der Waals surface area (Å²) >= 11 is 0. The molecule has 25 heavy (non-hydrogen) atoms. The zero-order chi connectivity index (χ0) is 19.5. The molecule has 0 saturated carbocycles. The summed E-state index contributed by atoms with van der Waals surface area (Å²) in [5.41, 5.74) is -3.72. The molecule has 0 radical (unpaired) electrons. The zero-order valence-corrected chi connectivity index (χ0v) is 16.0. The van der Waals surface area contributed by atoms with Crippen molar-refractivity contribution in [3.05, 3.63) is 0 Å². The summed E-state index contributed by atoms with van der Waals surface area (Å²) in [7, 11) is 0. The Bertz CT molecular complexity index is 519. The van der Waals surface area contributed by atoms with Gasteiger partial charge in [0.25, 0.3) is 0 Å². The van der Waals surface area contributed by atoms with Crippen molar-refractivity contribution in [2.24, 2.45) is 5.41 Å². The first-order chi connectivity index (χ1) is 11.4. The third-order valence-corrected chi connectivity index (χ3v) is 4.76. The van der Waals surface area contributed by atoms with E-state index in [2.05, 4.69) is 21.3 Å². The van der Waals surface area contributed by atoms with Gasteiger partial charge in [0, 0.05) is 13.1 Å². The first kappa shape index (κ1) is 20.9. The van der Waals surface area contributed by atoms with Gasteiger partial charge in [-0.25, -0.2) is 0 Å². The Hall–Kier alpha value is -2.12. The first-order valence-electron chi connectivity index (χ1n) is 8.64. The highest BCUT2D eigenvalue weighted by Crippen LogP contribution is 2.29. The summed E-state index contributed by atoms with van der Waals surface area (Å²) in [4.78, 5) is 50.5. The third-order valence-electron chi connectivity index (χ3n) is 4.76. The number of hydrogen-bond donors (Lipinski definition) is 4. The molecule has 8 nitrogen and oxygen atoms in total. The van der Waals surface area contributed by atoms with Crippen molar-refractivity contribution in [3.63, 3.8) is 0 Å². The monoisotopic (exact) mass is 354 g/mol. The molecule has 1 heterocycles. The minimum absolute atomic E-state index is 0.223. The average molecular weight is 354 g/mol. The lowest BCUT2D eigenvalue weighted by molar-refractivity contribution is -0.149. The molecule has 0 aromatic rings. The minimum Gasteiger partial charge on any atom is -0.352 e. The van der Waals surface area contributed by atoms with Crippen LogP contribution in [0.15, 0.2) is 0 Å². The third kappa shape index (κ3) is 4.29. The molecule has 0 aromatic heterocycles. The second-order valence-corrected chi connectivity index (χ2v) is 7.46. The largest absolute Gasteiger partial charge is 0.352 e. The predicted molar refractivity (Wildman–Crippen MR) is 93.5 cm³/mol. The molecule has 142 valence electrons. The van der Waals surface area contributed by atoms with E-state index in [0.717, 1.165) is 0 Å². The fourth-order valence-electron chi connectivity index (χ4n) is 2.71. The highest BCUT2D eigenvalue weighted by Gasteiger charge is 2.47. The molecule has 8 heteroatoms. The number of rotatable bonds is 2. The van der Waals surface area contributed by atoms with Crippen molar-refractivity contribution >= 4 is 23.6 Å². The van der Waals surface area contributed by atoms with E-state index in [-0.39, 0.29) is 37.7 Å². The molecular weight excluding hydrogens is 324 g/mol. The maximum absolute atomic E-state index is 12.9. The van der Waals surface area contributed by atoms with Crippen LogP contribution in [0, 0.1) is 5.41 Å². The maximum atomic E-state index is 12.9. The van der Waals surface area contributed by atoms with E-state index in [9.17, 15) is 19.2 Å². The quantitative estimate of drug-likeness (QED) is 0.515. The summed E-state index contributed by atoms with van der Waals surface area (Å²) in [6.45, 7) is 10.2. The number of carbonyl (C=O) groups is 4. The molecule has 4 amide bonds. The lowest BCUT2D eigenvalue weighted by Gasteiger charge is -2.35. The average Bonchev–Trinajstić information content (AvgIpc) is 2.51. The molecule has 1 rings (SSSR count). The van der Waals surface area contributed by atoms with Crippen molar-refractivity contribution in [2.45, 2.75) is 65.5 Å². The molecule has 0 atom stereocenters. The van der Waals surface area contributed by atoms with E-state index >= 15 is 0 Å². The molecular formula is C17H30N4O4. The zero-order valence-electron chi connectivity index (χ0n) is 16.0. The van der Waals surface area contributed by atoms with Gasteiger partial charge in [-0.2, -0.15) is 0 Å². The summed E-state index contributed by atoms with van der Waals surface area (Å²) in [6.07, 6.45) is 0.493. The Kier molecular flexibility index (Phi) is 6.20. The van der Waals surface area contributed by atoms with E-state index in [1.165, 1.54) is 0 Å². The Labute approximate surface area is 148 Å². The van der Waals surface area contributed by atoms with Crippen LogP contribution in [-0.4, -0.2) is 47.8 Å². The number of nitrogens with one attached hydrogen (secondary N) is 4. The fraction of sp³-hybridized carbons (Fsp3) is 0.765. The van der Waals surface area contributed by atoms with Crippen LogP contribution < -0.4 is 21.3 Å². The summed E-state index contributed by atoms with van der Waals surface area (Å²) in [6, 6.07) is 0. The molecule has 0 bridgehead atoms. The van der Waals surface area contributed by atoms with Crippen LogP contribution >= 0.6 is 0 Å². The van der Waals surface area contributed by atoms with E-state index in [4.69, 9.17) is 0 Å². The highest BCUT2D eigenvalue weighted by atomic mass is 16.2. The van der Waals surface area contributed by atoms with Crippen LogP contribution in [0.1, 0.15) is 54.4 Å². The second kappa shape index (κ2) is 7.41. The summed E-state index contributed by atoms with van der Waals surface area (Å²) in [5.74, 6) is -1.80. The minimum atomic E-state index is -1.36. The molecule has 1 aliphatic heterocycles. The lowest BCUT2D eigenvalue weighted by atomic mass is 9.78. The van der Waals surface area contributed by atoms with Crippen LogP contribution in [0.3, 0.4) is 0 Å². The van der Waals surface area contributed by atoms with Crippen LogP contribution in [0.2, 0.25) is 0 Å². The Morgan fingerprint density at radius 1 is 0.680 bits per heavy atom. The van der Waals surface area contributed by atoms with Gasteiger partial charge in [-0.15, -0.1) is 0 Å². The predicted octanol–water partition coefficient (Wildman–Crippen LogP) is -0.172. The van der Waals surface area contributed by atoms with Gasteiger partial charge >= 0.3 is 0 Å². The normalized spacial score (nSPS) is 23.8. The molecule has 0 spiro atoms. The topological polar surface area (TPSA) is 116 Å². The molecule has 1 saturated heterocycles. The van der Waals surface area contributed by atoms with Gasteiger partial charge in [0.05, 0.1) is 0 Å². The van der Waals surface area contributed by atoms with Crippen molar-refractivity contribution in [1.29, 1.82) is 0 Å². The Balaban J connectivity index is 3.32. The standard InChI is InChI=1S/C17H30N4O4/c1-7-17(8-2)13(24)20-15(3,4)11(22)18-9-10-19-12(23)16(5,6)21-14(17)25/h7-10H2,1-6H3,(H,18,22)(H,19,23)(H,20,24)(H,21,25). The highest BCUT2D eigenvalue weighted by molar-refractivity contribution is 6.08. The van der Waals surface area contributed by atoms with E-state index in [0.29, 0.717) is 0 Å². The summed E-state index contributed by atoms with van der Waals surface area (Å²) in [5, 5.41) is 10.7. The van der Waals surface area contributed by atoms with Crippen molar-refractivity contribution < 1.29 is 19.2 Å². The molecule has 1 aliphatic rings. The first-order valence-corrected chi connectivity index (χ1v) is 8.64. The van der Waals surface area contributed by atoms with Crippen molar-refractivity contribution in [1.82, 2.24) is 21.3 Å². The van der Waals surface area contributed by atoms with Gasteiger partial charge in [0.15, 0.2) is 0 Å². The number of hydrogen-bond acceptors (Lipinski definition) is 4. The lowest BCUT2D eigenvalue weighted by Crippen LogP contribution is -2.63. The van der Waals surface area contributed by atoms with Crippen molar-refractivity contribution in [3.8, 4) is 0 Å². The molecule has 1 fully saturated rings. The molecule has 0 aliphatic carbocycles. The van der Waals surface area contributed by atoms with Gasteiger partial charge in [0.2, 0.25) is 23.6 Å². The van der Waals surface area contributed by atoms with E-state index < -0.39 is 28.3 Å². The smallest absolute Gasteiger partial charge is 0.245 e. The van der Waals surface area contributed by atoms with Gasteiger partial charge in [0.1, 0.15) is 16.5 Å². The van der Waals surface area contributed by atoms with Crippen LogP contribution in [-0.2, 0) is 19.2 Å². The van der Waals surface area contributed by atoms with E-state index in [1.54, 1.807) is 41.5 Å². The molecule has 4 N–H and O–H groups in total. The van der Waals surface area contributed by atoms with Gasteiger partial charge in [-0.3, -0.25) is 19.2 Å². The van der Waals surface area contributed by atoms with Crippen molar-refractivity contribution in [2.75, 3.05) is 13.1 Å². The maximum Gasteiger partial charge on any atom is 0.245 e. The fourth-order valence-corrected chi connectivity index (χ4v) is 2.71. The van der Waals surface area contributed by atoms with Gasteiger partial charge in [-0.05, 0) is 40.5 Å². The van der Waals surface area contributed by atoms with E-state index in [1.807, 2.05) is 0 Å². The van der Waals surface area contributed by atoms with Gasteiger partial charge in [-0.1, -0.05) is 13.8 Å². The van der Waals surface area contributed by atoms with Crippen LogP contribution in [0.4, 0.5) is 0 Å². The number of amides is 4. The summed E-state index contributed by atoms with van der Waals surface area (Å²) < 4.78 is 0. The molecule has 0 unspecified atom stereocenters. The van der Waals surface area contributed by atoms with Gasteiger partial charge < -0.3 is 21.3 Å². The number of carbonyl (C=O) groups excluding carboxylic acids is 4. The second-order valence-electron chi connectivity index (χ2n) is 7.46.